The summed E-state index contributed by atoms with van der Waals surface area (Å²) in [4.78, 5) is 16.4. The van der Waals surface area contributed by atoms with Crippen molar-refractivity contribution in [3.8, 4) is 0 Å². The molecule has 0 bridgehead atoms. The number of halogens is 2. The first-order valence-electron chi connectivity index (χ1n) is 6.62. The highest BCUT2D eigenvalue weighted by atomic mass is 79.9. The molecule has 0 saturated carbocycles. The molecule has 0 unspecified atom stereocenters. The Bertz CT molecular complexity index is 599. The maximum atomic E-state index is 13.0. The molecule has 0 amide bonds. The monoisotopic (exact) mass is 351 g/mol. The van der Waals surface area contributed by atoms with Gasteiger partial charge in [0.2, 0.25) is 0 Å². The van der Waals surface area contributed by atoms with Gasteiger partial charge in [0.1, 0.15) is 11.7 Å². The Balaban J connectivity index is 2.25. The lowest BCUT2D eigenvalue weighted by Gasteiger charge is -2.15. The molecule has 0 saturated heterocycles. The van der Waals surface area contributed by atoms with E-state index in [1.54, 1.807) is 31.3 Å². The van der Waals surface area contributed by atoms with Crippen LogP contribution in [0.5, 0.6) is 0 Å². The number of carbonyl (C=O) groups excluding carboxylic acids is 1. The van der Waals surface area contributed by atoms with Gasteiger partial charge in [0.25, 0.3) is 0 Å². The van der Waals surface area contributed by atoms with Crippen molar-refractivity contribution in [2.75, 3.05) is 6.61 Å². The molecule has 0 aliphatic rings. The predicted molar refractivity (Wildman–Crippen MR) is 81.4 cm³/mol. The average Bonchev–Trinajstić information content (AvgIpc) is 2.48. The number of nitrogens with zero attached hydrogens (tertiary/aromatic N) is 1. The molecule has 0 aliphatic heterocycles. The van der Waals surface area contributed by atoms with Gasteiger partial charge in [-0.2, -0.15) is 0 Å². The third-order valence-corrected chi connectivity index (χ3v) is 3.50. The van der Waals surface area contributed by atoms with Crippen LogP contribution in [0.3, 0.4) is 0 Å². The fraction of sp³-hybridized carbons (Fsp3) is 0.250. The number of hydrogen-bond donors (Lipinski definition) is 0. The molecule has 2 rings (SSSR count). The van der Waals surface area contributed by atoms with Crippen LogP contribution in [-0.2, 0) is 16.0 Å². The van der Waals surface area contributed by atoms with Crippen LogP contribution in [0.25, 0.3) is 0 Å². The van der Waals surface area contributed by atoms with Crippen LogP contribution < -0.4 is 0 Å². The van der Waals surface area contributed by atoms with Crippen molar-refractivity contribution >= 4 is 21.9 Å². The summed E-state index contributed by atoms with van der Waals surface area (Å²) in [6, 6.07) is 9.72. The van der Waals surface area contributed by atoms with E-state index in [4.69, 9.17) is 4.74 Å². The minimum absolute atomic E-state index is 0.298. The quantitative estimate of drug-likeness (QED) is 0.767. The van der Waals surface area contributed by atoms with Crippen molar-refractivity contribution in [2.45, 2.75) is 19.3 Å². The summed E-state index contributed by atoms with van der Waals surface area (Å²) in [5.41, 5.74) is 1.50. The summed E-state index contributed by atoms with van der Waals surface area (Å²) in [5.74, 6) is -1.12. The topological polar surface area (TPSA) is 39.2 Å². The molecule has 1 aromatic carbocycles. The second-order valence-electron chi connectivity index (χ2n) is 4.54. The van der Waals surface area contributed by atoms with Gasteiger partial charge in [-0.15, -0.1) is 0 Å². The fourth-order valence-electron chi connectivity index (χ4n) is 2.00. The van der Waals surface area contributed by atoms with Gasteiger partial charge in [-0.25, -0.2) is 4.39 Å². The maximum Gasteiger partial charge on any atom is 0.315 e. The van der Waals surface area contributed by atoms with Crippen LogP contribution in [-0.4, -0.2) is 17.6 Å². The molecule has 0 radical (unpaired) electrons. The zero-order valence-electron chi connectivity index (χ0n) is 11.6. The smallest absolute Gasteiger partial charge is 0.315 e. The minimum atomic E-state index is -0.497. The van der Waals surface area contributed by atoms with E-state index in [2.05, 4.69) is 20.9 Å². The van der Waals surface area contributed by atoms with E-state index < -0.39 is 5.92 Å². The van der Waals surface area contributed by atoms with E-state index in [-0.39, 0.29) is 11.8 Å². The van der Waals surface area contributed by atoms with Crippen molar-refractivity contribution < 1.29 is 13.9 Å². The van der Waals surface area contributed by atoms with Gasteiger partial charge < -0.3 is 4.74 Å². The summed E-state index contributed by atoms with van der Waals surface area (Å²) < 4.78 is 18.9. The number of aromatic nitrogens is 1. The molecule has 3 nitrogen and oxygen atoms in total. The standard InChI is InChI=1S/C16H15BrFNO2/c1-2-21-16(20)14(15-8-5-12(17)10-19-15)9-11-3-6-13(18)7-4-11/h3-8,10,14H,2,9H2,1H3/t14-/m1/s1. The lowest BCUT2D eigenvalue weighted by molar-refractivity contribution is -0.145. The van der Waals surface area contributed by atoms with Gasteiger partial charge in [0.05, 0.1) is 12.3 Å². The van der Waals surface area contributed by atoms with E-state index >= 15 is 0 Å². The van der Waals surface area contributed by atoms with Crippen LogP contribution >= 0.6 is 15.9 Å². The molecule has 0 aliphatic carbocycles. The largest absolute Gasteiger partial charge is 0.465 e. The van der Waals surface area contributed by atoms with E-state index in [9.17, 15) is 9.18 Å². The lowest BCUT2D eigenvalue weighted by Crippen LogP contribution is -2.19. The molecule has 1 atom stereocenters. The minimum Gasteiger partial charge on any atom is -0.465 e. The van der Waals surface area contributed by atoms with Crippen LogP contribution in [0.15, 0.2) is 47.1 Å². The second kappa shape index (κ2) is 7.31. The first-order valence-corrected chi connectivity index (χ1v) is 7.42. The van der Waals surface area contributed by atoms with Crippen molar-refractivity contribution in [1.82, 2.24) is 4.98 Å². The number of ether oxygens (including phenoxy) is 1. The third kappa shape index (κ3) is 4.36. The first kappa shape index (κ1) is 15.6. The Morgan fingerprint density at radius 1 is 1.29 bits per heavy atom. The summed E-state index contributed by atoms with van der Waals surface area (Å²) in [5, 5.41) is 0. The number of benzene rings is 1. The SMILES string of the molecule is CCOC(=O)[C@H](Cc1ccc(F)cc1)c1ccc(Br)cn1. The van der Waals surface area contributed by atoms with Gasteiger partial charge in [0.15, 0.2) is 0 Å². The van der Waals surface area contributed by atoms with Gasteiger partial charge in [0, 0.05) is 10.7 Å². The van der Waals surface area contributed by atoms with E-state index in [1.807, 2.05) is 6.07 Å². The molecule has 0 fully saturated rings. The van der Waals surface area contributed by atoms with Crippen molar-refractivity contribution in [3.63, 3.8) is 0 Å². The second-order valence-corrected chi connectivity index (χ2v) is 5.45. The Kier molecular flexibility index (Phi) is 5.44. The number of esters is 1. The van der Waals surface area contributed by atoms with Gasteiger partial charge in [-0.1, -0.05) is 12.1 Å². The number of carbonyl (C=O) groups is 1. The van der Waals surface area contributed by atoms with E-state index in [1.165, 1.54) is 12.1 Å². The van der Waals surface area contributed by atoms with Crippen LogP contribution in [0.4, 0.5) is 4.39 Å². The van der Waals surface area contributed by atoms with Crippen LogP contribution in [0.1, 0.15) is 24.1 Å². The molecular formula is C16H15BrFNO2. The van der Waals surface area contributed by atoms with Crippen LogP contribution in [0.2, 0.25) is 0 Å². The molecule has 0 spiro atoms. The number of rotatable bonds is 5. The normalized spacial score (nSPS) is 12.0. The summed E-state index contributed by atoms with van der Waals surface area (Å²) >= 11 is 3.32. The molecule has 1 aromatic heterocycles. The molecule has 5 heteroatoms. The van der Waals surface area contributed by atoms with Crippen molar-refractivity contribution in [2.24, 2.45) is 0 Å². The highest BCUT2D eigenvalue weighted by Crippen LogP contribution is 2.22. The van der Waals surface area contributed by atoms with Crippen molar-refractivity contribution in [3.05, 3.63) is 64.1 Å². The molecule has 1 heterocycles. The van der Waals surface area contributed by atoms with Crippen LogP contribution in [0, 0.1) is 5.82 Å². The predicted octanol–water partition coefficient (Wildman–Crippen LogP) is 3.87. The van der Waals surface area contributed by atoms with Gasteiger partial charge >= 0.3 is 5.97 Å². The van der Waals surface area contributed by atoms with Crippen molar-refractivity contribution in [1.29, 1.82) is 0 Å². The average molecular weight is 352 g/mol. The molecule has 0 N–H and O–H groups in total. The molecular weight excluding hydrogens is 337 g/mol. The lowest BCUT2D eigenvalue weighted by atomic mass is 9.95. The van der Waals surface area contributed by atoms with E-state index in [0.717, 1.165) is 10.0 Å². The highest BCUT2D eigenvalue weighted by molar-refractivity contribution is 9.10. The molecule has 21 heavy (non-hydrogen) atoms. The third-order valence-electron chi connectivity index (χ3n) is 3.03. The summed E-state index contributed by atoms with van der Waals surface area (Å²) in [6.45, 7) is 2.08. The number of hydrogen-bond acceptors (Lipinski definition) is 3. The maximum absolute atomic E-state index is 13.0. The Labute approximate surface area is 131 Å². The van der Waals surface area contributed by atoms with Gasteiger partial charge in [-0.05, 0) is 59.1 Å². The molecule has 2 aromatic rings. The highest BCUT2D eigenvalue weighted by Gasteiger charge is 2.23. The van der Waals surface area contributed by atoms with E-state index in [0.29, 0.717) is 18.7 Å². The Morgan fingerprint density at radius 3 is 2.57 bits per heavy atom. The first-order chi connectivity index (χ1) is 10.1. The zero-order chi connectivity index (χ0) is 15.2. The Hall–Kier alpha value is -1.75. The number of pyridine rings is 1. The fourth-order valence-corrected chi connectivity index (χ4v) is 2.24. The summed E-state index contributed by atoms with van der Waals surface area (Å²) in [6.07, 6.45) is 2.07. The van der Waals surface area contributed by atoms with Gasteiger partial charge in [-0.3, -0.25) is 9.78 Å². The molecule has 110 valence electrons. The zero-order valence-corrected chi connectivity index (χ0v) is 13.1. The Morgan fingerprint density at radius 2 is 2.00 bits per heavy atom. The summed E-state index contributed by atoms with van der Waals surface area (Å²) in [7, 11) is 0.